The van der Waals surface area contributed by atoms with Gasteiger partial charge in [0.25, 0.3) is 0 Å². The highest BCUT2D eigenvalue weighted by atomic mass is 79.9. The van der Waals surface area contributed by atoms with E-state index in [9.17, 15) is 9.59 Å². The molecule has 25 heavy (non-hydrogen) atoms. The van der Waals surface area contributed by atoms with E-state index in [0.29, 0.717) is 18.7 Å². The number of carbonyl (C=O) groups is 2. The maximum absolute atomic E-state index is 12.4. The van der Waals surface area contributed by atoms with Crippen LogP contribution in [0.25, 0.3) is 0 Å². The van der Waals surface area contributed by atoms with Crippen LogP contribution in [0.3, 0.4) is 0 Å². The Labute approximate surface area is 167 Å². The summed E-state index contributed by atoms with van der Waals surface area (Å²) in [5, 5.41) is 0. The van der Waals surface area contributed by atoms with E-state index in [1.165, 1.54) is 32.1 Å². The Morgan fingerprint density at radius 2 is 1.96 bits per heavy atom. The van der Waals surface area contributed by atoms with Crippen molar-refractivity contribution in [2.45, 2.75) is 65.0 Å². The summed E-state index contributed by atoms with van der Waals surface area (Å²) in [4.78, 5) is 25.8. The molecule has 1 aromatic rings. The second kappa shape index (κ2) is 9.98. The third-order valence-corrected chi connectivity index (χ3v) is 6.60. The van der Waals surface area contributed by atoms with Crippen LogP contribution in [0.4, 0.5) is 0 Å². The molecule has 0 aliphatic carbocycles. The minimum Gasteiger partial charge on any atom is -0.295 e. The highest BCUT2D eigenvalue weighted by Gasteiger charge is 2.38. The van der Waals surface area contributed by atoms with E-state index in [-0.39, 0.29) is 5.78 Å². The molecule has 3 nitrogen and oxygen atoms in total. The first kappa shape index (κ1) is 20.8. The van der Waals surface area contributed by atoms with Gasteiger partial charge >= 0.3 is 0 Å². The largest absolute Gasteiger partial charge is 0.295 e. The molecule has 0 saturated heterocycles. The number of unbranched alkanes of at least 4 members (excludes halogenated alkanes) is 3. The Kier molecular flexibility index (Phi) is 8.30. The van der Waals surface area contributed by atoms with Crippen LogP contribution in [0.1, 0.15) is 69.5 Å². The molecule has 0 aromatic heterocycles. The van der Waals surface area contributed by atoms with Gasteiger partial charge in [0.15, 0.2) is 6.29 Å². The minimum absolute atomic E-state index is 0.349. The molecular formula is C20H27Br2NO2. The van der Waals surface area contributed by atoms with Crippen LogP contribution in [-0.4, -0.2) is 23.5 Å². The van der Waals surface area contributed by atoms with Crippen LogP contribution in [0.2, 0.25) is 0 Å². The molecule has 0 bridgehead atoms. The molecule has 0 spiro atoms. The molecule has 1 aliphatic heterocycles. The number of nitrogens with zero attached hydrogens (tertiary/aromatic N) is 1. The maximum Gasteiger partial charge on any atom is 0.216 e. The molecule has 5 heteroatoms. The van der Waals surface area contributed by atoms with Crippen molar-refractivity contribution in [1.82, 2.24) is 4.90 Å². The van der Waals surface area contributed by atoms with Gasteiger partial charge in [-0.05, 0) is 35.6 Å². The average molecular weight is 473 g/mol. The summed E-state index contributed by atoms with van der Waals surface area (Å²) in [5.41, 5.74) is 2.07. The van der Waals surface area contributed by atoms with Gasteiger partial charge in [0, 0.05) is 22.0 Å². The lowest BCUT2D eigenvalue weighted by atomic mass is 9.96. The molecule has 1 heterocycles. The number of carbonyl (C=O) groups excluding carboxylic acids is 2. The predicted molar refractivity (Wildman–Crippen MR) is 109 cm³/mol. The number of hydrogen-bond donors (Lipinski definition) is 0. The van der Waals surface area contributed by atoms with E-state index in [2.05, 4.69) is 50.6 Å². The zero-order chi connectivity index (χ0) is 18.4. The Morgan fingerprint density at radius 3 is 2.60 bits per heavy atom. The molecule has 1 aliphatic rings. The predicted octanol–water partition coefficient (Wildman–Crippen LogP) is 5.83. The van der Waals surface area contributed by atoms with E-state index < -0.39 is 6.04 Å². The van der Waals surface area contributed by atoms with Gasteiger partial charge in [-0.1, -0.05) is 77.8 Å². The molecule has 0 N–H and O–H groups in total. The molecule has 0 saturated carbocycles. The zero-order valence-electron chi connectivity index (χ0n) is 15.1. The molecule has 138 valence electrons. The Hall–Kier alpha value is -0.520. The minimum atomic E-state index is -0.455. The van der Waals surface area contributed by atoms with Crippen molar-refractivity contribution in [3.63, 3.8) is 0 Å². The smallest absolute Gasteiger partial charge is 0.216 e. The Balaban J connectivity index is 2.16. The normalized spacial score (nSPS) is 18.2. The fraction of sp³-hybridized carbons (Fsp3) is 0.600. The van der Waals surface area contributed by atoms with Gasteiger partial charge < -0.3 is 0 Å². The fourth-order valence-electron chi connectivity index (χ4n) is 3.72. The first-order chi connectivity index (χ1) is 12.0. The number of fused-ring (bicyclic) bond motifs is 1. The van der Waals surface area contributed by atoms with E-state index >= 15 is 0 Å². The van der Waals surface area contributed by atoms with Gasteiger partial charge in [-0.15, -0.1) is 0 Å². The SMILES string of the molecule is CCCCCCC(CC)CN1Cc2c(Br)ccc(Br)c2C1C(=O)C=O. The lowest BCUT2D eigenvalue weighted by molar-refractivity contribution is -0.133. The monoisotopic (exact) mass is 471 g/mol. The number of Topliss-reactive ketones (excluding diaryl/α,β-unsaturated/α-hetero) is 1. The summed E-state index contributed by atoms with van der Waals surface area (Å²) in [5.74, 6) is 0.212. The second-order valence-corrected chi connectivity index (χ2v) is 8.61. The molecule has 1 aromatic carbocycles. The number of rotatable bonds is 10. The summed E-state index contributed by atoms with van der Waals surface area (Å²) < 4.78 is 1.91. The molecule has 0 radical (unpaired) electrons. The van der Waals surface area contributed by atoms with Crippen molar-refractivity contribution in [3.8, 4) is 0 Å². The number of aldehydes is 1. The van der Waals surface area contributed by atoms with Gasteiger partial charge in [0.1, 0.15) is 6.04 Å². The summed E-state index contributed by atoms with van der Waals surface area (Å²) in [6.07, 6.45) is 7.82. The summed E-state index contributed by atoms with van der Waals surface area (Å²) in [6.45, 7) is 6.02. The van der Waals surface area contributed by atoms with Crippen molar-refractivity contribution in [2.75, 3.05) is 6.54 Å². The van der Waals surface area contributed by atoms with Gasteiger partial charge in [0.05, 0.1) is 0 Å². The van der Waals surface area contributed by atoms with Gasteiger partial charge in [-0.3, -0.25) is 14.5 Å². The first-order valence-corrected chi connectivity index (χ1v) is 10.8. The third kappa shape index (κ3) is 5.01. The molecule has 2 rings (SSSR count). The molecular weight excluding hydrogens is 446 g/mol. The zero-order valence-corrected chi connectivity index (χ0v) is 18.2. The van der Waals surface area contributed by atoms with E-state index in [1.807, 2.05) is 12.1 Å². The first-order valence-electron chi connectivity index (χ1n) is 9.23. The number of halogens is 2. The summed E-state index contributed by atoms with van der Waals surface area (Å²) >= 11 is 7.18. The van der Waals surface area contributed by atoms with Crippen LogP contribution in [-0.2, 0) is 16.1 Å². The fourth-order valence-corrected chi connectivity index (χ4v) is 4.77. The van der Waals surface area contributed by atoms with Crippen molar-refractivity contribution in [3.05, 3.63) is 32.2 Å². The highest BCUT2D eigenvalue weighted by molar-refractivity contribution is 9.11. The average Bonchev–Trinajstić information content (AvgIpc) is 3.00. The van der Waals surface area contributed by atoms with Crippen molar-refractivity contribution in [2.24, 2.45) is 5.92 Å². The third-order valence-electron chi connectivity index (χ3n) is 5.17. The van der Waals surface area contributed by atoms with Crippen molar-refractivity contribution < 1.29 is 9.59 Å². The number of hydrogen-bond acceptors (Lipinski definition) is 3. The molecule has 0 fully saturated rings. The Morgan fingerprint density at radius 1 is 1.24 bits per heavy atom. The van der Waals surface area contributed by atoms with E-state index in [0.717, 1.165) is 33.0 Å². The van der Waals surface area contributed by atoms with Crippen molar-refractivity contribution >= 4 is 43.9 Å². The van der Waals surface area contributed by atoms with Gasteiger partial charge in [-0.25, -0.2) is 0 Å². The lowest BCUT2D eigenvalue weighted by Gasteiger charge is -2.27. The lowest BCUT2D eigenvalue weighted by Crippen LogP contribution is -2.33. The van der Waals surface area contributed by atoms with Crippen LogP contribution in [0.15, 0.2) is 21.1 Å². The van der Waals surface area contributed by atoms with E-state index in [1.54, 1.807) is 0 Å². The maximum atomic E-state index is 12.4. The van der Waals surface area contributed by atoms with Crippen LogP contribution >= 0.6 is 31.9 Å². The van der Waals surface area contributed by atoms with Crippen LogP contribution < -0.4 is 0 Å². The molecule has 0 amide bonds. The van der Waals surface area contributed by atoms with Crippen molar-refractivity contribution in [1.29, 1.82) is 0 Å². The molecule has 2 atom stereocenters. The Bertz CT molecular complexity index is 618. The second-order valence-electron chi connectivity index (χ2n) is 6.90. The van der Waals surface area contributed by atoms with Crippen LogP contribution in [0, 0.1) is 5.92 Å². The van der Waals surface area contributed by atoms with Gasteiger partial charge in [-0.2, -0.15) is 0 Å². The number of ketones is 1. The van der Waals surface area contributed by atoms with Crippen LogP contribution in [0.5, 0.6) is 0 Å². The quantitative estimate of drug-likeness (QED) is 0.244. The number of benzene rings is 1. The molecule has 2 unspecified atom stereocenters. The standard InChI is InChI=1S/C20H27Br2NO2/c1-3-5-6-7-8-14(4-2)11-23-12-15-16(21)9-10-17(22)19(15)20(23)18(25)13-24/h9-10,13-14,20H,3-8,11-12H2,1-2H3. The van der Waals surface area contributed by atoms with Gasteiger partial charge in [0.2, 0.25) is 5.78 Å². The summed E-state index contributed by atoms with van der Waals surface area (Å²) in [6, 6.07) is 3.49. The highest BCUT2D eigenvalue weighted by Crippen LogP contribution is 2.42. The van der Waals surface area contributed by atoms with E-state index in [4.69, 9.17) is 0 Å². The summed E-state index contributed by atoms with van der Waals surface area (Å²) in [7, 11) is 0. The topological polar surface area (TPSA) is 37.4 Å².